The highest BCUT2D eigenvalue weighted by molar-refractivity contribution is 5.59. The van der Waals surface area contributed by atoms with E-state index in [9.17, 15) is 10.1 Å². The highest BCUT2D eigenvalue weighted by atomic mass is 19.1. The van der Waals surface area contributed by atoms with Gasteiger partial charge in [0.15, 0.2) is 0 Å². The number of carbonyl (C=O) groups excluding carboxylic acids is 1. The SMILES string of the molecule is C=CN(C[C@]1(C)CC(CNC=O)CCC1(C)F)c1cc(C#N)ccc1CC. The van der Waals surface area contributed by atoms with Gasteiger partial charge in [0.1, 0.15) is 5.67 Å². The molecule has 0 saturated heterocycles. The van der Waals surface area contributed by atoms with Gasteiger partial charge in [-0.1, -0.05) is 26.5 Å². The maximum absolute atomic E-state index is 15.6. The fourth-order valence-electron chi connectivity index (χ4n) is 4.17. The van der Waals surface area contributed by atoms with Gasteiger partial charge in [-0.15, -0.1) is 0 Å². The van der Waals surface area contributed by atoms with Crippen molar-refractivity contribution in [3.63, 3.8) is 0 Å². The van der Waals surface area contributed by atoms with Crippen molar-refractivity contribution in [3.8, 4) is 6.07 Å². The third-order valence-corrected chi connectivity index (χ3v) is 6.15. The number of alkyl halides is 1. The van der Waals surface area contributed by atoms with E-state index in [-0.39, 0.29) is 5.92 Å². The molecule has 1 fully saturated rings. The number of nitrogens with zero attached hydrogens (tertiary/aromatic N) is 2. The Morgan fingerprint density at radius 1 is 1.48 bits per heavy atom. The minimum absolute atomic E-state index is 0.256. The molecule has 1 N–H and O–H groups in total. The second kappa shape index (κ2) is 8.56. The van der Waals surface area contributed by atoms with E-state index in [0.29, 0.717) is 37.9 Å². The van der Waals surface area contributed by atoms with E-state index in [0.717, 1.165) is 24.1 Å². The molecule has 0 radical (unpaired) electrons. The number of rotatable bonds is 8. The molecule has 27 heavy (non-hydrogen) atoms. The molecule has 0 aliphatic heterocycles. The largest absolute Gasteiger partial charge is 0.358 e. The van der Waals surface area contributed by atoms with Crippen molar-refractivity contribution in [1.82, 2.24) is 5.32 Å². The Hall–Kier alpha value is -2.35. The summed E-state index contributed by atoms with van der Waals surface area (Å²) >= 11 is 0. The van der Waals surface area contributed by atoms with Crippen molar-refractivity contribution < 1.29 is 9.18 Å². The monoisotopic (exact) mass is 371 g/mol. The van der Waals surface area contributed by atoms with E-state index in [1.54, 1.807) is 13.1 Å². The number of amides is 1. The molecule has 3 atom stereocenters. The van der Waals surface area contributed by atoms with Crippen LogP contribution in [-0.4, -0.2) is 25.2 Å². The zero-order chi connectivity index (χ0) is 20.1. The number of hydrogen-bond acceptors (Lipinski definition) is 3. The van der Waals surface area contributed by atoms with E-state index in [2.05, 4.69) is 24.9 Å². The van der Waals surface area contributed by atoms with Gasteiger partial charge in [0.25, 0.3) is 0 Å². The molecular formula is C22H30FN3O. The molecule has 1 amide bonds. The van der Waals surface area contributed by atoms with Crippen LogP contribution >= 0.6 is 0 Å². The molecule has 0 spiro atoms. The predicted octanol–water partition coefficient (Wildman–Crippen LogP) is 4.35. The number of benzene rings is 1. The van der Waals surface area contributed by atoms with Gasteiger partial charge in [-0.25, -0.2) is 4.39 Å². The molecule has 1 saturated carbocycles. The average Bonchev–Trinajstić information content (AvgIpc) is 2.66. The molecule has 0 heterocycles. The van der Waals surface area contributed by atoms with Crippen LogP contribution in [0, 0.1) is 22.7 Å². The molecule has 2 unspecified atom stereocenters. The lowest BCUT2D eigenvalue weighted by Crippen LogP contribution is -2.52. The lowest BCUT2D eigenvalue weighted by Gasteiger charge is -2.49. The highest BCUT2D eigenvalue weighted by Gasteiger charge is 2.50. The Morgan fingerprint density at radius 2 is 2.22 bits per heavy atom. The van der Waals surface area contributed by atoms with E-state index in [1.807, 2.05) is 30.0 Å². The molecule has 1 aromatic rings. The third kappa shape index (κ3) is 4.50. The van der Waals surface area contributed by atoms with Crippen LogP contribution in [0.4, 0.5) is 10.1 Å². The van der Waals surface area contributed by atoms with Gasteiger partial charge in [0.05, 0.1) is 11.6 Å². The first-order valence-electron chi connectivity index (χ1n) is 9.58. The summed E-state index contributed by atoms with van der Waals surface area (Å²) in [5, 5.41) is 12.0. The Kier molecular flexibility index (Phi) is 6.64. The number of aryl methyl sites for hydroxylation is 1. The second-order valence-electron chi connectivity index (χ2n) is 8.01. The van der Waals surface area contributed by atoms with Crippen LogP contribution in [0.3, 0.4) is 0 Å². The van der Waals surface area contributed by atoms with Crippen LogP contribution in [0.1, 0.15) is 51.2 Å². The standard InChI is InChI=1S/C22H30FN3O/c1-5-19-8-7-17(13-24)11-20(19)26(6-2)15-21(3)12-18(14-25-16-27)9-10-22(21,4)23/h6-8,11,16,18H,2,5,9-10,12,14-15H2,1,3-4H3,(H,25,27)/t18?,21-,22?/m0/s1. The fraction of sp³-hybridized carbons (Fsp3) is 0.545. The number of halogens is 1. The summed E-state index contributed by atoms with van der Waals surface area (Å²) in [6, 6.07) is 7.80. The van der Waals surface area contributed by atoms with Gasteiger partial charge in [-0.2, -0.15) is 5.26 Å². The summed E-state index contributed by atoms with van der Waals surface area (Å²) in [4.78, 5) is 12.6. The predicted molar refractivity (Wildman–Crippen MR) is 107 cm³/mol. The first-order chi connectivity index (χ1) is 12.8. The number of nitriles is 1. The summed E-state index contributed by atoms with van der Waals surface area (Å²) in [6.07, 6.45) is 5.17. The minimum Gasteiger partial charge on any atom is -0.358 e. The van der Waals surface area contributed by atoms with Crippen LogP contribution in [0.15, 0.2) is 31.0 Å². The molecular weight excluding hydrogens is 341 g/mol. The Labute approximate surface area is 162 Å². The number of hydrogen-bond donors (Lipinski definition) is 1. The molecule has 1 aromatic carbocycles. The van der Waals surface area contributed by atoms with E-state index in [1.165, 1.54) is 0 Å². The zero-order valence-electron chi connectivity index (χ0n) is 16.6. The number of carbonyl (C=O) groups is 1. The minimum atomic E-state index is -1.31. The van der Waals surface area contributed by atoms with Crippen molar-refractivity contribution in [2.45, 2.75) is 52.1 Å². The zero-order valence-corrected chi connectivity index (χ0v) is 16.6. The summed E-state index contributed by atoms with van der Waals surface area (Å²) in [7, 11) is 0. The highest BCUT2D eigenvalue weighted by Crippen LogP contribution is 2.49. The maximum atomic E-state index is 15.6. The summed E-state index contributed by atoms with van der Waals surface area (Å²) < 4.78 is 15.6. The van der Waals surface area contributed by atoms with Crippen LogP contribution in [0.25, 0.3) is 0 Å². The molecule has 0 aromatic heterocycles. The van der Waals surface area contributed by atoms with E-state index < -0.39 is 11.1 Å². The van der Waals surface area contributed by atoms with E-state index in [4.69, 9.17) is 0 Å². The molecule has 0 bridgehead atoms. The van der Waals surface area contributed by atoms with Gasteiger partial charge in [-0.3, -0.25) is 4.79 Å². The van der Waals surface area contributed by atoms with Crippen molar-refractivity contribution >= 4 is 12.1 Å². The topological polar surface area (TPSA) is 56.1 Å². The molecule has 1 aliphatic rings. The summed E-state index contributed by atoms with van der Waals surface area (Å²) in [5.41, 5.74) is 0.691. The quantitative estimate of drug-likeness (QED) is 0.691. The number of anilines is 1. The molecule has 5 heteroatoms. The number of nitrogens with one attached hydrogen (secondary N) is 1. The average molecular weight is 372 g/mol. The first kappa shape index (κ1) is 21.0. The van der Waals surface area contributed by atoms with Crippen LogP contribution in [-0.2, 0) is 11.2 Å². The lowest BCUT2D eigenvalue weighted by molar-refractivity contribution is -0.110. The molecule has 4 nitrogen and oxygen atoms in total. The van der Waals surface area contributed by atoms with Crippen molar-refractivity contribution in [1.29, 1.82) is 5.26 Å². The smallest absolute Gasteiger partial charge is 0.207 e. The first-order valence-corrected chi connectivity index (χ1v) is 9.58. The van der Waals surface area contributed by atoms with E-state index >= 15 is 4.39 Å². The van der Waals surface area contributed by atoms with Gasteiger partial charge in [0.2, 0.25) is 6.41 Å². The van der Waals surface area contributed by atoms with Crippen molar-refractivity contribution in [2.24, 2.45) is 11.3 Å². The second-order valence-corrected chi connectivity index (χ2v) is 8.01. The van der Waals surface area contributed by atoms with Crippen LogP contribution in [0.2, 0.25) is 0 Å². The van der Waals surface area contributed by atoms with Gasteiger partial charge < -0.3 is 10.2 Å². The normalized spacial score (nSPS) is 27.4. The Balaban J connectivity index is 2.33. The molecule has 1 aliphatic carbocycles. The Bertz CT molecular complexity index is 725. The Morgan fingerprint density at radius 3 is 2.81 bits per heavy atom. The summed E-state index contributed by atoms with van der Waals surface area (Å²) in [6.45, 7) is 10.7. The maximum Gasteiger partial charge on any atom is 0.207 e. The summed E-state index contributed by atoms with van der Waals surface area (Å²) in [5.74, 6) is 0.256. The van der Waals surface area contributed by atoms with Gasteiger partial charge in [0, 0.05) is 24.2 Å². The van der Waals surface area contributed by atoms with Crippen molar-refractivity contribution in [3.05, 3.63) is 42.1 Å². The fourth-order valence-corrected chi connectivity index (χ4v) is 4.17. The van der Waals surface area contributed by atoms with Crippen LogP contribution < -0.4 is 10.2 Å². The van der Waals surface area contributed by atoms with Crippen molar-refractivity contribution in [2.75, 3.05) is 18.0 Å². The lowest BCUT2D eigenvalue weighted by atomic mass is 9.62. The van der Waals surface area contributed by atoms with Crippen LogP contribution in [0.5, 0.6) is 0 Å². The third-order valence-electron chi connectivity index (χ3n) is 6.15. The molecule has 2 rings (SSSR count). The van der Waals surface area contributed by atoms with Gasteiger partial charge in [-0.05, 0) is 62.4 Å². The van der Waals surface area contributed by atoms with Gasteiger partial charge >= 0.3 is 0 Å². The molecule has 146 valence electrons.